The second kappa shape index (κ2) is 7.14. The number of nitrogens with one attached hydrogen (secondary N) is 2. The van der Waals surface area contributed by atoms with Gasteiger partial charge in [0.1, 0.15) is 0 Å². The fourth-order valence-electron chi connectivity index (χ4n) is 2.15. The normalized spacial score (nSPS) is 10.2. The van der Waals surface area contributed by atoms with Gasteiger partial charge in [0.2, 0.25) is 5.91 Å². The quantitative estimate of drug-likeness (QED) is 0.859. The van der Waals surface area contributed by atoms with Gasteiger partial charge in [0.15, 0.2) is 0 Å². The third kappa shape index (κ3) is 5.12. The molecule has 0 aromatic heterocycles. The van der Waals surface area contributed by atoms with Gasteiger partial charge < -0.3 is 10.6 Å². The average Bonchev–Trinajstić information content (AvgIpc) is 2.40. The Labute approximate surface area is 130 Å². The summed E-state index contributed by atoms with van der Waals surface area (Å²) in [6, 6.07) is 13.4. The summed E-state index contributed by atoms with van der Waals surface area (Å²) in [5.41, 5.74) is 4.23. The van der Waals surface area contributed by atoms with Crippen molar-refractivity contribution in [1.82, 2.24) is 0 Å². The minimum atomic E-state index is -0.0193. The van der Waals surface area contributed by atoms with Crippen molar-refractivity contribution in [3.05, 3.63) is 58.6 Å². The molecule has 110 valence electrons. The lowest BCUT2D eigenvalue weighted by molar-refractivity contribution is -0.115. The highest BCUT2D eigenvalue weighted by Gasteiger charge is 2.02. The van der Waals surface area contributed by atoms with Crippen LogP contribution >= 0.6 is 11.6 Å². The minimum Gasteiger partial charge on any atom is -0.385 e. The van der Waals surface area contributed by atoms with E-state index >= 15 is 0 Å². The Hall–Kier alpha value is -2.00. The van der Waals surface area contributed by atoms with E-state index in [4.69, 9.17) is 11.6 Å². The van der Waals surface area contributed by atoms with Crippen molar-refractivity contribution in [3.8, 4) is 0 Å². The molecule has 0 spiro atoms. The Balaban J connectivity index is 1.80. The highest BCUT2D eigenvalue weighted by molar-refractivity contribution is 6.30. The van der Waals surface area contributed by atoms with Crippen molar-refractivity contribution in [2.75, 3.05) is 17.2 Å². The molecule has 2 aromatic carbocycles. The zero-order valence-corrected chi connectivity index (χ0v) is 13.0. The molecule has 1 amide bonds. The Morgan fingerprint density at radius 1 is 1.00 bits per heavy atom. The Kier molecular flexibility index (Phi) is 5.23. The third-order valence-corrected chi connectivity index (χ3v) is 3.28. The molecule has 0 radical (unpaired) electrons. The molecule has 0 fully saturated rings. The van der Waals surface area contributed by atoms with E-state index in [0.29, 0.717) is 18.0 Å². The molecule has 2 aromatic rings. The van der Waals surface area contributed by atoms with E-state index in [9.17, 15) is 4.79 Å². The molecule has 0 saturated heterocycles. The van der Waals surface area contributed by atoms with Gasteiger partial charge in [-0.05, 0) is 61.4 Å². The summed E-state index contributed by atoms with van der Waals surface area (Å²) >= 11 is 5.80. The van der Waals surface area contributed by atoms with Crippen LogP contribution in [0.25, 0.3) is 0 Å². The molecule has 0 bridgehead atoms. The number of carbonyl (C=O) groups excluding carboxylic acids is 1. The molecule has 21 heavy (non-hydrogen) atoms. The molecule has 2 N–H and O–H groups in total. The first kappa shape index (κ1) is 15.4. The molecule has 0 aliphatic heterocycles. The molecule has 0 aliphatic rings. The number of hydrogen-bond donors (Lipinski definition) is 2. The smallest absolute Gasteiger partial charge is 0.226 e. The van der Waals surface area contributed by atoms with Crippen LogP contribution in [0.3, 0.4) is 0 Å². The molecular weight excluding hydrogens is 284 g/mol. The number of hydrogen-bond acceptors (Lipinski definition) is 2. The molecule has 3 nitrogen and oxygen atoms in total. The second-order valence-electron chi connectivity index (χ2n) is 5.11. The monoisotopic (exact) mass is 302 g/mol. The maximum absolute atomic E-state index is 11.8. The number of halogens is 1. The fourth-order valence-corrected chi connectivity index (χ4v) is 2.28. The van der Waals surface area contributed by atoms with Gasteiger partial charge in [0, 0.05) is 29.4 Å². The summed E-state index contributed by atoms with van der Waals surface area (Å²) in [5.74, 6) is -0.0193. The zero-order chi connectivity index (χ0) is 15.2. The van der Waals surface area contributed by atoms with Crippen molar-refractivity contribution in [2.45, 2.75) is 20.3 Å². The van der Waals surface area contributed by atoms with E-state index in [0.717, 1.165) is 11.4 Å². The van der Waals surface area contributed by atoms with E-state index in [-0.39, 0.29) is 5.91 Å². The number of amides is 1. The summed E-state index contributed by atoms with van der Waals surface area (Å²) in [6.45, 7) is 4.72. The van der Waals surface area contributed by atoms with Gasteiger partial charge in [0.05, 0.1) is 0 Å². The van der Waals surface area contributed by atoms with Gasteiger partial charge in [-0.25, -0.2) is 0 Å². The summed E-state index contributed by atoms with van der Waals surface area (Å²) in [5, 5.41) is 6.77. The number of aryl methyl sites for hydroxylation is 2. The average molecular weight is 303 g/mol. The zero-order valence-electron chi connectivity index (χ0n) is 12.2. The SMILES string of the molecule is Cc1cc(C)cc(NCCC(=O)Nc2ccc(Cl)cc2)c1. The van der Waals surface area contributed by atoms with E-state index in [1.807, 2.05) is 0 Å². The van der Waals surface area contributed by atoms with Gasteiger partial charge in [0.25, 0.3) is 0 Å². The number of benzene rings is 2. The lowest BCUT2D eigenvalue weighted by Gasteiger charge is -2.09. The molecule has 0 unspecified atom stereocenters. The molecule has 2 rings (SSSR count). The maximum atomic E-state index is 11.8. The first-order valence-corrected chi connectivity index (χ1v) is 7.28. The lowest BCUT2D eigenvalue weighted by atomic mass is 10.1. The molecule has 4 heteroatoms. The summed E-state index contributed by atoms with van der Waals surface area (Å²) in [6.07, 6.45) is 0.412. The van der Waals surface area contributed by atoms with Crippen LogP contribution in [0.1, 0.15) is 17.5 Å². The van der Waals surface area contributed by atoms with Crippen molar-refractivity contribution in [3.63, 3.8) is 0 Å². The van der Waals surface area contributed by atoms with Gasteiger partial charge in [-0.15, -0.1) is 0 Å². The highest BCUT2D eigenvalue weighted by Crippen LogP contribution is 2.15. The molecule has 0 saturated carbocycles. The van der Waals surface area contributed by atoms with Crippen LogP contribution in [0, 0.1) is 13.8 Å². The number of rotatable bonds is 5. The molecule has 0 heterocycles. The van der Waals surface area contributed by atoms with Crippen LogP contribution in [0.5, 0.6) is 0 Å². The van der Waals surface area contributed by atoms with E-state index in [2.05, 4.69) is 42.7 Å². The Morgan fingerprint density at radius 2 is 1.62 bits per heavy atom. The number of carbonyl (C=O) groups is 1. The van der Waals surface area contributed by atoms with E-state index in [1.54, 1.807) is 24.3 Å². The summed E-state index contributed by atoms with van der Waals surface area (Å²) in [4.78, 5) is 11.8. The van der Waals surface area contributed by atoms with Gasteiger partial charge in [-0.3, -0.25) is 4.79 Å². The largest absolute Gasteiger partial charge is 0.385 e. The Morgan fingerprint density at radius 3 is 2.24 bits per heavy atom. The summed E-state index contributed by atoms with van der Waals surface area (Å²) < 4.78 is 0. The van der Waals surface area contributed by atoms with Gasteiger partial charge >= 0.3 is 0 Å². The van der Waals surface area contributed by atoms with Crippen LogP contribution in [-0.2, 0) is 4.79 Å². The second-order valence-corrected chi connectivity index (χ2v) is 5.54. The Bertz CT molecular complexity index is 603. The van der Waals surface area contributed by atoms with Gasteiger partial charge in [-0.1, -0.05) is 17.7 Å². The van der Waals surface area contributed by atoms with Crippen molar-refractivity contribution < 1.29 is 4.79 Å². The van der Waals surface area contributed by atoms with Crippen LogP contribution < -0.4 is 10.6 Å². The summed E-state index contributed by atoms with van der Waals surface area (Å²) in [7, 11) is 0. The molecule has 0 aliphatic carbocycles. The minimum absolute atomic E-state index is 0.0193. The maximum Gasteiger partial charge on any atom is 0.226 e. The van der Waals surface area contributed by atoms with E-state index in [1.165, 1.54) is 11.1 Å². The topological polar surface area (TPSA) is 41.1 Å². The van der Waals surface area contributed by atoms with Crippen LogP contribution in [0.2, 0.25) is 5.02 Å². The van der Waals surface area contributed by atoms with Crippen LogP contribution in [0.15, 0.2) is 42.5 Å². The van der Waals surface area contributed by atoms with Crippen molar-refractivity contribution in [1.29, 1.82) is 0 Å². The van der Waals surface area contributed by atoms with Crippen LogP contribution in [0.4, 0.5) is 11.4 Å². The van der Waals surface area contributed by atoms with Crippen molar-refractivity contribution in [2.24, 2.45) is 0 Å². The standard InChI is InChI=1S/C17H19ClN2O/c1-12-9-13(2)11-16(10-12)19-8-7-17(21)20-15-5-3-14(18)4-6-15/h3-6,9-11,19H,7-8H2,1-2H3,(H,20,21). The van der Waals surface area contributed by atoms with Crippen LogP contribution in [-0.4, -0.2) is 12.5 Å². The first-order valence-electron chi connectivity index (χ1n) is 6.90. The lowest BCUT2D eigenvalue weighted by Crippen LogP contribution is -2.16. The highest BCUT2D eigenvalue weighted by atomic mass is 35.5. The first-order chi connectivity index (χ1) is 10.0. The molecular formula is C17H19ClN2O. The fraction of sp³-hybridized carbons (Fsp3) is 0.235. The predicted octanol–water partition coefficient (Wildman–Crippen LogP) is 4.40. The predicted molar refractivity (Wildman–Crippen MR) is 89.1 cm³/mol. The van der Waals surface area contributed by atoms with Gasteiger partial charge in [-0.2, -0.15) is 0 Å². The number of anilines is 2. The molecule has 0 atom stereocenters. The van der Waals surface area contributed by atoms with E-state index < -0.39 is 0 Å². The van der Waals surface area contributed by atoms with Crippen molar-refractivity contribution >= 4 is 28.9 Å². The third-order valence-electron chi connectivity index (χ3n) is 3.03.